The van der Waals surface area contributed by atoms with Crippen LogP contribution in [0.1, 0.15) is 57.2 Å². The van der Waals surface area contributed by atoms with Crippen LogP contribution in [-0.4, -0.2) is 47.9 Å². The number of allylic oxidation sites excluding steroid dienone is 1. The summed E-state index contributed by atoms with van der Waals surface area (Å²) in [6, 6.07) is 11.3. The molecule has 8 nitrogen and oxygen atoms in total. The highest BCUT2D eigenvalue weighted by molar-refractivity contribution is 7.21. The molecule has 0 bridgehead atoms. The maximum Gasteiger partial charge on any atom is 0.306 e. The number of rotatable bonds is 13. The third-order valence-electron chi connectivity index (χ3n) is 6.80. The van der Waals surface area contributed by atoms with Crippen LogP contribution in [0.3, 0.4) is 0 Å². The highest BCUT2D eigenvalue weighted by Crippen LogP contribution is 2.35. The summed E-state index contributed by atoms with van der Waals surface area (Å²) in [5.74, 6) is -2.56. The summed E-state index contributed by atoms with van der Waals surface area (Å²) in [5, 5.41) is 20.0. The average Bonchev–Trinajstić information content (AvgIpc) is 3.55. The summed E-state index contributed by atoms with van der Waals surface area (Å²) in [6.45, 7) is 3.04. The van der Waals surface area contributed by atoms with Crippen molar-refractivity contribution in [2.24, 2.45) is 11.8 Å². The number of carbonyl (C=O) groups excluding carboxylic acids is 2. The molecule has 0 spiro atoms. The zero-order valence-corrected chi connectivity index (χ0v) is 24.7. The van der Waals surface area contributed by atoms with Crippen molar-refractivity contribution >= 4 is 72.4 Å². The second-order valence-electron chi connectivity index (χ2n) is 9.89. The predicted octanol–water partition coefficient (Wildman–Crippen LogP) is 6.98. The number of ketones is 2. The van der Waals surface area contributed by atoms with E-state index >= 15 is 0 Å². The molecule has 2 N–H and O–H groups in total. The van der Waals surface area contributed by atoms with Gasteiger partial charge < -0.3 is 19.7 Å². The van der Waals surface area contributed by atoms with Gasteiger partial charge in [0.1, 0.15) is 11.5 Å². The van der Waals surface area contributed by atoms with E-state index in [1.165, 1.54) is 36.5 Å². The Morgan fingerprint density at radius 2 is 1.24 bits per heavy atom. The van der Waals surface area contributed by atoms with Crippen LogP contribution >= 0.6 is 22.7 Å². The van der Waals surface area contributed by atoms with E-state index in [-0.39, 0.29) is 24.4 Å². The maximum absolute atomic E-state index is 12.6. The summed E-state index contributed by atoms with van der Waals surface area (Å²) in [7, 11) is 3.17. The first-order chi connectivity index (χ1) is 19.5. The number of carboxylic acid groups (broad SMARTS) is 2. The fraction of sp³-hybridized carbons (Fsp3) is 0.290. The molecular formula is C31H30O8S2. The number of hydrogen-bond donors (Lipinski definition) is 2. The number of aliphatic carboxylic acids is 2. The van der Waals surface area contributed by atoms with Crippen molar-refractivity contribution in [3.05, 3.63) is 63.4 Å². The summed E-state index contributed by atoms with van der Waals surface area (Å²) in [4.78, 5) is 48.6. The molecule has 41 heavy (non-hydrogen) atoms. The van der Waals surface area contributed by atoms with Crippen molar-refractivity contribution in [1.82, 2.24) is 0 Å². The first kappa shape index (κ1) is 30.0. The summed E-state index contributed by atoms with van der Waals surface area (Å²) in [5.41, 5.74) is 1.75. The maximum atomic E-state index is 12.6. The van der Waals surface area contributed by atoms with Crippen molar-refractivity contribution in [1.29, 1.82) is 0 Å². The molecule has 0 radical (unpaired) electrons. The zero-order chi connectivity index (χ0) is 29.8. The third kappa shape index (κ3) is 6.83. The first-order valence-corrected chi connectivity index (χ1v) is 14.5. The van der Waals surface area contributed by atoms with Crippen LogP contribution in [-0.2, 0) is 16.0 Å². The van der Waals surface area contributed by atoms with Gasteiger partial charge in [0.2, 0.25) is 0 Å². The SMILES string of the molecule is COc1cc2sc(C(=O)CC(C)C(=O)O)cc2cc1C=CCc1cc2cc(C(=O)CC(C)C(=O)O)sc2cc1OC. The van der Waals surface area contributed by atoms with E-state index in [1.807, 2.05) is 36.4 Å². The molecule has 2 atom stereocenters. The Morgan fingerprint density at radius 3 is 1.73 bits per heavy atom. The number of benzene rings is 2. The number of hydrogen-bond acceptors (Lipinski definition) is 8. The second kappa shape index (κ2) is 12.7. The van der Waals surface area contributed by atoms with E-state index < -0.39 is 23.8 Å². The molecule has 10 heteroatoms. The summed E-state index contributed by atoms with van der Waals surface area (Å²) >= 11 is 2.64. The van der Waals surface area contributed by atoms with Gasteiger partial charge in [-0.25, -0.2) is 0 Å². The molecule has 0 amide bonds. The van der Waals surface area contributed by atoms with Gasteiger partial charge in [0.05, 0.1) is 35.8 Å². The molecule has 0 aliphatic carbocycles. The molecule has 0 aliphatic heterocycles. The number of ether oxygens (including phenoxy) is 2. The number of methoxy groups -OCH3 is 2. The van der Waals surface area contributed by atoms with Crippen molar-refractivity contribution < 1.29 is 38.9 Å². The molecule has 4 rings (SSSR count). The molecular weight excluding hydrogens is 564 g/mol. The third-order valence-corrected chi connectivity index (χ3v) is 9.08. The van der Waals surface area contributed by atoms with E-state index in [1.54, 1.807) is 26.4 Å². The number of thiophene rings is 2. The highest BCUT2D eigenvalue weighted by atomic mass is 32.1. The van der Waals surface area contributed by atoms with Crippen LogP contribution in [0, 0.1) is 11.8 Å². The zero-order valence-electron chi connectivity index (χ0n) is 23.1. The Hall–Kier alpha value is -4.02. The number of carbonyl (C=O) groups is 4. The van der Waals surface area contributed by atoms with Crippen LogP contribution in [0.25, 0.3) is 26.2 Å². The van der Waals surface area contributed by atoms with Crippen LogP contribution in [0.5, 0.6) is 11.5 Å². The molecule has 0 saturated carbocycles. The molecule has 214 valence electrons. The molecule has 0 aliphatic rings. The Morgan fingerprint density at radius 1 is 0.756 bits per heavy atom. The van der Waals surface area contributed by atoms with Gasteiger partial charge in [-0.3, -0.25) is 19.2 Å². The van der Waals surface area contributed by atoms with Gasteiger partial charge >= 0.3 is 11.9 Å². The summed E-state index contributed by atoms with van der Waals surface area (Å²) in [6.07, 6.45) is 4.34. The monoisotopic (exact) mass is 594 g/mol. The van der Waals surface area contributed by atoms with Gasteiger partial charge in [-0.1, -0.05) is 26.0 Å². The van der Waals surface area contributed by atoms with Crippen LogP contribution in [0.2, 0.25) is 0 Å². The van der Waals surface area contributed by atoms with Gasteiger partial charge in [0, 0.05) is 27.8 Å². The van der Waals surface area contributed by atoms with Crippen molar-refractivity contribution in [2.75, 3.05) is 14.2 Å². The van der Waals surface area contributed by atoms with Crippen molar-refractivity contribution in [3.8, 4) is 11.5 Å². The van der Waals surface area contributed by atoms with E-state index in [0.29, 0.717) is 27.7 Å². The quantitative estimate of drug-likeness (QED) is 0.159. The predicted molar refractivity (Wildman–Crippen MR) is 161 cm³/mol. The lowest BCUT2D eigenvalue weighted by atomic mass is 10.0. The van der Waals surface area contributed by atoms with E-state index in [9.17, 15) is 19.2 Å². The van der Waals surface area contributed by atoms with E-state index in [2.05, 4.69) is 0 Å². The molecule has 0 saturated heterocycles. The van der Waals surface area contributed by atoms with Gasteiger partial charge in [0.25, 0.3) is 0 Å². The number of carboxylic acids is 2. The van der Waals surface area contributed by atoms with Gasteiger partial charge in [-0.15, -0.1) is 22.7 Å². The minimum atomic E-state index is -0.998. The largest absolute Gasteiger partial charge is 0.496 e. The first-order valence-electron chi connectivity index (χ1n) is 12.9. The lowest BCUT2D eigenvalue weighted by molar-refractivity contribution is -0.141. The smallest absolute Gasteiger partial charge is 0.306 e. The minimum absolute atomic E-state index is 0.0533. The van der Waals surface area contributed by atoms with E-state index in [0.717, 1.165) is 31.3 Å². The lowest BCUT2D eigenvalue weighted by Crippen LogP contribution is -2.13. The highest BCUT2D eigenvalue weighted by Gasteiger charge is 2.21. The van der Waals surface area contributed by atoms with Crippen molar-refractivity contribution in [2.45, 2.75) is 33.1 Å². The van der Waals surface area contributed by atoms with Gasteiger partial charge in [-0.05, 0) is 59.2 Å². The second-order valence-corrected chi connectivity index (χ2v) is 12.1. The topological polar surface area (TPSA) is 127 Å². The molecule has 0 fully saturated rings. The fourth-order valence-corrected chi connectivity index (χ4v) is 6.42. The van der Waals surface area contributed by atoms with E-state index in [4.69, 9.17) is 19.7 Å². The Labute approximate surface area is 244 Å². The van der Waals surface area contributed by atoms with Crippen LogP contribution in [0.4, 0.5) is 0 Å². The Balaban J connectivity index is 1.56. The lowest BCUT2D eigenvalue weighted by Gasteiger charge is -2.08. The van der Waals surface area contributed by atoms with Gasteiger partial charge in [0.15, 0.2) is 11.6 Å². The summed E-state index contributed by atoms with van der Waals surface area (Å²) < 4.78 is 13.0. The Kier molecular flexibility index (Phi) is 9.25. The van der Waals surface area contributed by atoms with Crippen LogP contribution < -0.4 is 9.47 Å². The Bertz CT molecular complexity index is 1680. The number of Topliss-reactive ketones (excluding diaryl/α,β-unsaturated/α-hetero) is 2. The fourth-order valence-electron chi connectivity index (χ4n) is 4.38. The molecule has 2 heterocycles. The number of fused-ring (bicyclic) bond motifs is 2. The standard InChI is InChI=1S/C31H30O8S2/c1-16(30(34)35)8-22(32)28-12-20-10-18(24(38-3)14-26(20)40-28)6-5-7-19-11-21-13-29(23(33)9-17(2)31(36)37)41-27(21)15-25(19)39-4/h5-6,10-17H,7-9H2,1-4H3,(H,34,35)(H,36,37). The van der Waals surface area contributed by atoms with Gasteiger partial charge in [-0.2, -0.15) is 0 Å². The van der Waals surface area contributed by atoms with Crippen molar-refractivity contribution in [3.63, 3.8) is 0 Å². The van der Waals surface area contributed by atoms with Crippen LogP contribution in [0.15, 0.2) is 42.5 Å². The molecule has 4 aromatic rings. The molecule has 2 aromatic heterocycles. The molecule has 2 aromatic carbocycles. The molecule has 2 unspecified atom stereocenters. The average molecular weight is 595 g/mol. The normalized spacial score (nSPS) is 13.0. The minimum Gasteiger partial charge on any atom is -0.496 e.